The zero-order valence-electron chi connectivity index (χ0n) is 10.1. The van der Waals surface area contributed by atoms with Gasteiger partial charge in [-0.1, -0.05) is 12.1 Å². The summed E-state index contributed by atoms with van der Waals surface area (Å²) in [5.74, 6) is 0.562. The summed E-state index contributed by atoms with van der Waals surface area (Å²) in [5, 5.41) is 19.0. The maximum absolute atomic E-state index is 9.49. The second kappa shape index (κ2) is 4.50. The minimum Gasteiger partial charge on any atom is -0.508 e. The maximum atomic E-state index is 9.49. The minimum absolute atomic E-state index is 0.281. The lowest BCUT2D eigenvalue weighted by Crippen LogP contribution is -1.94. The smallest absolute Gasteiger partial charge is 0.115 e. The summed E-state index contributed by atoms with van der Waals surface area (Å²) in [5.41, 5.74) is 4.45. The summed E-state index contributed by atoms with van der Waals surface area (Å²) in [4.78, 5) is 0. The first-order chi connectivity index (χ1) is 8.06. The molecular formula is C15H16O2. The Morgan fingerprint density at radius 1 is 0.765 bits per heavy atom. The third-order valence-corrected chi connectivity index (χ3v) is 3.05. The van der Waals surface area contributed by atoms with Gasteiger partial charge < -0.3 is 10.2 Å². The average molecular weight is 228 g/mol. The molecular weight excluding hydrogens is 212 g/mol. The van der Waals surface area contributed by atoms with E-state index in [0.717, 1.165) is 28.7 Å². The fourth-order valence-electron chi connectivity index (χ4n) is 1.90. The molecule has 2 nitrogen and oxygen atoms in total. The molecule has 0 unspecified atom stereocenters. The van der Waals surface area contributed by atoms with Gasteiger partial charge in [-0.25, -0.2) is 0 Å². The van der Waals surface area contributed by atoms with Crippen molar-refractivity contribution in [3.05, 3.63) is 58.7 Å². The molecule has 0 amide bonds. The van der Waals surface area contributed by atoms with Crippen LogP contribution < -0.4 is 0 Å². The van der Waals surface area contributed by atoms with Crippen LogP contribution in [0.1, 0.15) is 22.3 Å². The Balaban J connectivity index is 2.37. The van der Waals surface area contributed by atoms with E-state index in [1.165, 1.54) is 0 Å². The molecule has 17 heavy (non-hydrogen) atoms. The molecule has 2 rings (SSSR count). The van der Waals surface area contributed by atoms with E-state index in [0.29, 0.717) is 0 Å². The highest BCUT2D eigenvalue weighted by Crippen LogP contribution is 2.23. The van der Waals surface area contributed by atoms with Crippen LogP contribution in [0.5, 0.6) is 11.5 Å². The summed E-state index contributed by atoms with van der Waals surface area (Å²) >= 11 is 0. The predicted octanol–water partition coefficient (Wildman–Crippen LogP) is 3.31. The van der Waals surface area contributed by atoms with Crippen molar-refractivity contribution in [2.75, 3.05) is 0 Å². The fourth-order valence-corrected chi connectivity index (χ4v) is 1.90. The summed E-state index contributed by atoms with van der Waals surface area (Å²) in [6.45, 7) is 4.04. The van der Waals surface area contributed by atoms with Gasteiger partial charge in [-0.05, 0) is 66.8 Å². The lowest BCUT2D eigenvalue weighted by atomic mass is 9.97. The first-order valence-electron chi connectivity index (χ1n) is 5.63. The molecule has 0 aliphatic rings. The van der Waals surface area contributed by atoms with Crippen molar-refractivity contribution >= 4 is 0 Å². The molecule has 88 valence electrons. The highest BCUT2D eigenvalue weighted by molar-refractivity contribution is 5.41. The van der Waals surface area contributed by atoms with E-state index in [-0.39, 0.29) is 11.5 Å². The van der Waals surface area contributed by atoms with Gasteiger partial charge in [0.05, 0.1) is 0 Å². The molecule has 0 bridgehead atoms. The molecule has 0 saturated carbocycles. The number of hydrogen-bond acceptors (Lipinski definition) is 2. The van der Waals surface area contributed by atoms with Gasteiger partial charge in [0.15, 0.2) is 0 Å². The second-order valence-corrected chi connectivity index (χ2v) is 4.40. The van der Waals surface area contributed by atoms with E-state index in [1.54, 1.807) is 24.3 Å². The molecule has 2 aromatic carbocycles. The molecule has 0 aliphatic carbocycles. The molecule has 0 spiro atoms. The molecule has 0 atom stereocenters. The van der Waals surface area contributed by atoms with Gasteiger partial charge in [0.25, 0.3) is 0 Å². The lowest BCUT2D eigenvalue weighted by molar-refractivity contribution is 0.474. The van der Waals surface area contributed by atoms with E-state index < -0.39 is 0 Å². The van der Waals surface area contributed by atoms with Gasteiger partial charge in [-0.15, -0.1) is 0 Å². The quantitative estimate of drug-likeness (QED) is 0.828. The summed E-state index contributed by atoms with van der Waals surface area (Å²) < 4.78 is 0. The van der Waals surface area contributed by atoms with E-state index in [1.807, 2.05) is 26.0 Å². The van der Waals surface area contributed by atoms with Crippen LogP contribution in [0, 0.1) is 13.8 Å². The molecule has 2 N–H and O–H groups in total. The van der Waals surface area contributed by atoms with E-state index in [9.17, 15) is 10.2 Å². The van der Waals surface area contributed by atoms with Crippen molar-refractivity contribution in [3.63, 3.8) is 0 Å². The summed E-state index contributed by atoms with van der Waals surface area (Å²) in [7, 11) is 0. The van der Waals surface area contributed by atoms with Gasteiger partial charge in [0.2, 0.25) is 0 Å². The van der Waals surface area contributed by atoms with Gasteiger partial charge in [0.1, 0.15) is 11.5 Å². The molecule has 0 aliphatic heterocycles. The zero-order chi connectivity index (χ0) is 12.4. The number of phenolic OH excluding ortho intramolecular Hbond substituents is 2. The van der Waals surface area contributed by atoms with Crippen LogP contribution in [0.4, 0.5) is 0 Å². The van der Waals surface area contributed by atoms with Gasteiger partial charge in [-0.2, -0.15) is 0 Å². The van der Waals surface area contributed by atoms with Crippen LogP contribution in [0.2, 0.25) is 0 Å². The van der Waals surface area contributed by atoms with Gasteiger partial charge in [-0.3, -0.25) is 0 Å². The SMILES string of the molecule is Cc1ccc(O)cc1Cc1cc(O)ccc1C. The lowest BCUT2D eigenvalue weighted by Gasteiger charge is -2.09. The molecule has 0 heterocycles. The topological polar surface area (TPSA) is 40.5 Å². The number of aryl methyl sites for hydroxylation is 2. The number of hydrogen-bond donors (Lipinski definition) is 2. The summed E-state index contributed by atoms with van der Waals surface area (Å²) in [6.07, 6.45) is 0.723. The standard InChI is InChI=1S/C15H16O2/c1-10-3-5-14(16)8-12(10)7-13-9-15(17)6-4-11(13)2/h3-6,8-9,16-17H,7H2,1-2H3. The van der Waals surface area contributed by atoms with Crippen LogP contribution in [-0.4, -0.2) is 10.2 Å². The Kier molecular flexibility index (Phi) is 3.05. The molecule has 0 aromatic heterocycles. The average Bonchev–Trinajstić information content (AvgIpc) is 2.28. The predicted molar refractivity (Wildman–Crippen MR) is 68.5 cm³/mol. The van der Waals surface area contributed by atoms with Crippen molar-refractivity contribution in [3.8, 4) is 11.5 Å². The highest BCUT2D eigenvalue weighted by atomic mass is 16.3. The van der Waals surface area contributed by atoms with Crippen LogP contribution in [0.15, 0.2) is 36.4 Å². The Morgan fingerprint density at radius 3 is 1.59 bits per heavy atom. The Hall–Kier alpha value is -1.96. The number of rotatable bonds is 2. The molecule has 0 fully saturated rings. The van der Waals surface area contributed by atoms with Crippen molar-refractivity contribution in [1.82, 2.24) is 0 Å². The molecule has 0 saturated heterocycles. The van der Waals surface area contributed by atoms with Crippen LogP contribution >= 0.6 is 0 Å². The van der Waals surface area contributed by atoms with Crippen LogP contribution in [0.3, 0.4) is 0 Å². The number of aromatic hydroxyl groups is 2. The van der Waals surface area contributed by atoms with Crippen LogP contribution in [-0.2, 0) is 6.42 Å². The van der Waals surface area contributed by atoms with Gasteiger partial charge in [0, 0.05) is 0 Å². The van der Waals surface area contributed by atoms with E-state index >= 15 is 0 Å². The Labute approximate surface area is 101 Å². The molecule has 2 heteroatoms. The second-order valence-electron chi connectivity index (χ2n) is 4.40. The number of benzene rings is 2. The van der Waals surface area contributed by atoms with Crippen molar-refractivity contribution in [1.29, 1.82) is 0 Å². The minimum atomic E-state index is 0.281. The van der Waals surface area contributed by atoms with Crippen LogP contribution in [0.25, 0.3) is 0 Å². The van der Waals surface area contributed by atoms with E-state index in [2.05, 4.69) is 0 Å². The first kappa shape index (κ1) is 11.5. The van der Waals surface area contributed by atoms with Crippen molar-refractivity contribution in [2.45, 2.75) is 20.3 Å². The van der Waals surface area contributed by atoms with E-state index in [4.69, 9.17) is 0 Å². The first-order valence-corrected chi connectivity index (χ1v) is 5.63. The monoisotopic (exact) mass is 228 g/mol. The van der Waals surface area contributed by atoms with Crippen molar-refractivity contribution in [2.24, 2.45) is 0 Å². The summed E-state index contributed by atoms with van der Waals surface area (Å²) in [6, 6.07) is 10.7. The Bertz CT molecular complexity index is 495. The number of phenols is 2. The maximum Gasteiger partial charge on any atom is 0.115 e. The fraction of sp³-hybridized carbons (Fsp3) is 0.200. The third kappa shape index (κ3) is 2.59. The largest absolute Gasteiger partial charge is 0.508 e. The molecule has 2 aromatic rings. The normalized spacial score (nSPS) is 10.5. The molecule has 0 radical (unpaired) electrons. The van der Waals surface area contributed by atoms with Crippen molar-refractivity contribution < 1.29 is 10.2 Å². The highest BCUT2D eigenvalue weighted by Gasteiger charge is 2.05. The Morgan fingerprint density at radius 2 is 1.18 bits per heavy atom. The zero-order valence-corrected chi connectivity index (χ0v) is 10.1. The third-order valence-electron chi connectivity index (χ3n) is 3.05. The van der Waals surface area contributed by atoms with Gasteiger partial charge >= 0.3 is 0 Å².